The van der Waals surface area contributed by atoms with Crippen molar-refractivity contribution in [3.05, 3.63) is 68.7 Å². The first-order valence-electron chi connectivity index (χ1n) is 11.6. The van der Waals surface area contributed by atoms with Gasteiger partial charge in [0.05, 0.1) is 5.71 Å². The number of oxime groups is 1. The minimum absolute atomic E-state index is 0.0157. The number of hydrogen-bond donors (Lipinski definition) is 2. The van der Waals surface area contributed by atoms with Crippen molar-refractivity contribution in [2.45, 2.75) is 62.6 Å². The summed E-state index contributed by atoms with van der Waals surface area (Å²) >= 11 is 11.8. The largest absolute Gasteiger partial charge is 0.435 e. The van der Waals surface area contributed by atoms with Crippen LogP contribution >= 0.6 is 23.2 Å². The van der Waals surface area contributed by atoms with Crippen LogP contribution < -0.4 is 10.6 Å². The van der Waals surface area contributed by atoms with Crippen molar-refractivity contribution in [1.82, 2.24) is 10.6 Å². The minimum atomic E-state index is -4.89. The first-order valence-corrected chi connectivity index (χ1v) is 12.3. The third-order valence-electron chi connectivity index (χ3n) is 6.72. The number of carbonyl (C=O) groups excluding carboxylic acids is 2. The lowest BCUT2D eigenvalue weighted by Crippen LogP contribution is -2.54. The van der Waals surface area contributed by atoms with Crippen LogP contribution in [-0.2, 0) is 15.2 Å². The zero-order chi connectivity index (χ0) is 29.0. The van der Waals surface area contributed by atoms with Crippen LogP contribution in [0.25, 0.3) is 0 Å². The average Bonchev–Trinajstić information content (AvgIpc) is 3.45. The highest BCUT2D eigenvalue weighted by molar-refractivity contribution is 6.34. The number of aryl methyl sites for hydroxylation is 1. The molecule has 1 unspecified atom stereocenters. The van der Waals surface area contributed by atoms with Gasteiger partial charge in [0.15, 0.2) is 0 Å². The van der Waals surface area contributed by atoms with E-state index >= 15 is 0 Å². The van der Waals surface area contributed by atoms with Crippen LogP contribution in [0.2, 0.25) is 10.0 Å². The maximum absolute atomic E-state index is 14.2. The van der Waals surface area contributed by atoms with E-state index in [0.29, 0.717) is 5.56 Å². The van der Waals surface area contributed by atoms with Gasteiger partial charge in [-0.2, -0.15) is 26.3 Å². The molecular weight excluding hydrogens is 575 g/mol. The smallest absolute Gasteiger partial charge is 0.374 e. The first-order chi connectivity index (χ1) is 18.0. The van der Waals surface area contributed by atoms with E-state index < -0.39 is 47.8 Å². The summed E-state index contributed by atoms with van der Waals surface area (Å²) < 4.78 is 82.0. The van der Waals surface area contributed by atoms with Crippen molar-refractivity contribution in [2.24, 2.45) is 5.16 Å². The van der Waals surface area contributed by atoms with Crippen molar-refractivity contribution in [2.75, 3.05) is 0 Å². The molecule has 0 saturated heterocycles. The highest BCUT2D eigenvalue weighted by Gasteiger charge is 2.64. The normalized spacial score (nSPS) is 21.0. The van der Waals surface area contributed by atoms with E-state index in [1.165, 1.54) is 38.1 Å². The summed E-state index contributed by atoms with van der Waals surface area (Å²) in [5.41, 5.74) is -4.85. The molecule has 2 aromatic carbocycles. The molecular formula is C25H21Cl2F6N3O3. The van der Waals surface area contributed by atoms with E-state index in [-0.39, 0.29) is 45.3 Å². The maximum Gasteiger partial charge on any atom is 0.435 e. The van der Waals surface area contributed by atoms with Crippen LogP contribution in [0.3, 0.4) is 0 Å². The molecule has 1 aliphatic heterocycles. The number of amides is 2. The van der Waals surface area contributed by atoms with Gasteiger partial charge in [-0.1, -0.05) is 34.4 Å². The molecule has 0 aromatic heterocycles. The van der Waals surface area contributed by atoms with Crippen LogP contribution in [0.15, 0.2) is 41.6 Å². The Kier molecular flexibility index (Phi) is 7.35. The Labute approximate surface area is 228 Å². The van der Waals surface area contributed by atoms with Crippen LogP contribution in [-0.4, -0.2) is 41.5 Å². The Morgan fingerprint density at radius 3 is 2.13 bits per heavy atom. The van der Waals surface area contributed by atoms with E-state index in [4.69, 9.17) is 28.0 Å². The molecule has 6 nitrogen and oxygen atoms in total. The molecule has 2 N–H and O–H groups in total. The summed E-state index contributed by atoms with van der Waals surface area (Å²) in [6.07, 6.45) is -10.7. The molecule has 39 heavy (non-hydrogen) atoms. The molecule has 1 heterocycles. The van der Waals surface area contributed by atoms with Crippen molar-refractivity contribution in [3.63, 3.8) is 0 Å². The van der Waals surface area contributed by atoms with Gasteiger partial charge < -0.3 is 15.5 Å². The fraction of sp³-hybridized carbons (Fsp3) is 0.400. The van der Waals surface area contributed by atoms with Crippen molar-refractivity contribution < 1.29 is 40.8 Å². The second kappa shape index (κ2) is 9.88. The number of rotatable bonds is 6. The number of alkyl halides is 6. The molecule has 2 atom stereocenters. The number of nitrogens with zero attached hydrogens (tertiary/aromatic N) is 1. The van der Waals surface area contributed by atoms with E-state index in [1.54, 1.807) is 0 Å². The molecule has 0 bridgehead atoms. The van der Waals surface area contributed by atoms with Gasteiger partial charge in [-0.3, -0.25) is 9.59 Å². The molecule has 2 aliphatic rings. The van der Waals surface area contributed by atoms with E-state index in [1.807, 2.05) is 5.32 Å². The first kappa shape index (κ1) is 29.0. The number of nitrogens with one attached hydrogen (secondary N) is 2. The van der Waals surface area contributed by atoms with Gasteiger partial charge in [0.25, 0.3) is 11.5 Å². The quantitative estimate of drug-likeness (QED) is 0.389. The molecule has 14 heteroatoms. The van der Waals surface area contributed by atoms with Gasteiger partial charge in [0.1, 0.15) is 11.6 Å². The Balaban J connectivity index is 1.49. The van der Waals surface area contributed by atoms with Crippen molar-refractivity contribution >= 4 is 40.7 Å². The van der Waals surface area contributed by atoms with Gasteiger partial charge in [-0.05, 0) is 68.1 Å². The predicted octanol–water partition coefficient (Wildman–Crippen LogP) is 6.21. The summed E-state index contributed by atoms with van der Waals surface area (Å²) in [6.45, 7) is 2.75. The van der Waals surface area contributed by atoms with Gasteiger partial charge >= 0.3 is 12.4 Å². The van der Waals surface area contributed by atoms with Crippen LogP contribution in [0.5, 0.6) is 0 Å². The Morgan fingerprint density at radius 1 is 1.00 bits per heavy atom. The lowest BCUT2D eigenvalue weighted by molar-refractivity contribution is -0.275. The fourth-order valence-electron chi connectivity index (χ4n) is 4.23. The molecule has 1 aliphatic carbocycles. The van der Waals surface area contributed by atoms with Gasteiger partial charge in [0.2, 0.25) is 5.91 Å². The van der Waals surface area contributed by atoms with Gasteiger partial charge in [-0.15, -0.1) is 0 Å². The molecule has 0 spiro atoms. The third kappa shape index (κ3) is 5.54. The lowest BCUT2D eigenvalue weighted by atomic mass is 9.86. The number of carbonyl (C=O) groups is 2. The minimum Gasteiger partial charge on any atom is -0.374 e. The Morgan fingerprint density at radius 2 is 1.62 bits per heavy atom. The van der Waals surface area contributed by atoms with Crippen LogP contribution in [0.4, 0.5) is 26.3 Å². The standard InChI is InChI=1S/C25H21Cl2F6N3O3/c1-12-7-14(19-11-23(39-36-19,25(31,32)33)15-8-16(26)10-17(27)9-15)3-4-18(12)21(38)34-13(2)20(37)35-22(5-6-22)24(28,29)30/h3-4,7-10,13H,5-6,11H2,1-2H3,(H,34,38)(H,35,37)/t13-,23?/m0/s1. The lowest BCUT2D eigenvalue weighted by Gasteiger charge is -2.29. The zero-order valence-electron chi connectivity index (χ0n) is 20.4. The fourth-order valence-corrected chi connectivity index (χ4v) is 4.76. The van der Waals surface area contributed by atoms with Crippen LogP contribution in [0.1, 0.15) is 53.2 Å². The monoisotopic (exact) mass is 595 g/mol. The second-order valence-corrected chi connectivity index (χ2v) is 10.5. The van der Waals surface area contributed by atoms with Crippen LogP contribution in [0, 0.1) is 6.92 Å². The average molecular weight is 596 g/mol. The second-order valence-electron chi connectivity index (χ2n) is 9.58. The topological polar surface area (TPSA) is 79.8 Å². The summed E-state index contributed by atoms with van der Waals surface area (Å²) in [6, 6.07) is 6.28. The molecule has 2 amide bonds. The molecule has 2 aromatic rings. The van der Waals surface area contributed by atoms with E-state index in [2.05, 4.69) is 10.5 Å². The molecule has 210 valence electrons. The highest BCUT2D eigenvalue weighted by atomic mass is 35.5. The Hall–Kier alpha value is -2.99. The van der Waals surface area contributed by atoms with Gasteiger partial charge in [-0.25, -0.2) is 0 Å². The van der Waals surface area contributed by atoms with E-state index in [0.717, 1.165) is 12.1 Å². The summed E-state index contributed by atoms with van der Waals surface area (Å²) in [4.78, 5) is 30.0. The predicted molar refractivity (Wildman–Crippen MR) is 131 cm³/mol. The zero-order valence-corrected chi connectivity index (χ0v) is 21.9. The summed E-state index contributed by atoms with van der Waals surface area (Å²) in [7, 11) is 0. The van der Waals surface area contributed by atoms with Crippen molar-refractivity contribution in [3.8, 4) is 0 Å². The molecule has 1 saturated carbocycles. The summed E-state index contributed by atoms with van der Waals surface area (Å²) in [5.74, 6) is -1.74. The van der Waals surface area contributed by atoms with E-state index in [9.17, 15) is 35.9 Å². The molecule has 1 fully saturated rings. The maximum atomic E-state index is 14.2. The highest BCUT2D eigenvalue weighted by Crippen LogP contribution is 2.50. The molecule has 0 radical (unpaired) electrons. The number of hydrogen-bond acceptors (Lipinski definition) is 4. The van der Waals surface area contributed by atoms with Gasteiger partial charge in [0, 0.05) is 27.6 Å². The Bertz CT molecular complexity index is 1340. The number of benzene rings is 2. The summed E-state index contributed by atoms with van der Waals surface area (Å²) in [5, 5.41) is 7.94. The molecule has 4 rings (SSSR count). The van der Waals surface area contributed by atoms with Crippen molar-refractivity contribution in [1.29, 1.82) is 0 Å². The SMILES string of the molecule is Cc1cc(C2=NOC(c3cc(Cl)cc(Cl)c3)(C(F)(F)F)C2)ccc1C(=O)N[C@@H](C)C(=O)NC1(C(F)(F)F)CC1. The number of halogens is 8. The third-order valence-corrected chi connectivity index (χ3v) is 7.15.